The number of anilines is 1. The number of carbonyl (C=O) groups is 1. The van der Waals surface area contributed by atoms with Crippen LogP contribution in [0.15, 0.2) is 41.4 Å². The summed E-state index contributed by atoms with van der Waals surface area (Å²) in [4.78, 5) is 16.4. The lowest BCUT2D eigenvalue weighted by atomic mass is 10.2. The first kappa shape index (κ1) is 16.6. The minimum absolute atomic E-state index is 0.286. The van der Waals surface area contributed by atoms with E-state index in [9.17, 15) is 18.0 Å². The zero-order valence-electron chi connectivity index (χ0n) is 11.2. The van der Waals surface area contributed by atoms with Gasteiger partial charge in [-0.2, -0.15) is 13.2 Å². The van der Waals surface area contributed by atoms with Gasteiger partial charge in [-0.15, -0.1) is 11.8 Å². The van der Waals surface area contributed by atoms with Crippen molar-refractivity contribution in [1.82, 2.24) is 4.98 Å². The number of halogens is 4. The van der Waals surface area contributed by atoms with E-state index >= 15 is 0 Å². The number of benzene rings is 1. The third-order valence-electron chi connectivity index (χ3n) is 2.74. The summed E-state index contributed by atoms with van der Waals surface area (Å²) < 4.78 is 38.0. The number of hydrogen-bond donors (Lipinski definition) is 1. The second-order valence-corrected chi connectivity index (χ2v) is 5.48. The summed E-state index contributed by atoms with van der Waals surface area (Å²) in [6.07, 6.45) is -2.13. The van der Waals surface area contributed by atoms with Gasteiger partial charge in [0.05, 0.1) is 11.1 Å². The van der Waals surface area contributed by atoms with Gasteiger partial charge in [0.15, 0.2) is 0 Å². The lowest BCUT2D eigenvalue weighted by Crippen LogP contribution is -2.15. The summed E-state index contributed by atoms with van der Waals surface area (Å²) in [7, 11) is 0. The zero-order valence-corrected chi connectivity index (χ0v) is 12.8. The first-order chi connectivity index (χ1) is 10.3. The van der Waals surface area contributed by atoms with E-state index < -0.39 is 17.6 Å². The Kier molecular flexibility index (Phi) is 4.97. The molecule has 1 N–H and O–H groups in total. The fourth-order valence-corrected chi connectivity index (χ4v) is 2.31. The van der Waals surface area contributed by atoms with Gasteiger partial charge in [0.1, 0.15) is 5.15 Å². The first-order valence-electron chi connectivity index (χ1n) is 5.99. The van der Waals surface area contributed by atoms with E-state index in [1.807, 2.05) is 12.3 Å². The quantitative estimate of drug-likeness (QED) is 0.645. The monoisotopic (exact) mass is 346 g/mol. The van der Waals surface area contributed by atoms with Crippen LogP contribution in [0.2, 0.25) is 5.15 Å². The summed E-state index contributed by atoms with van der Waals surface area (Å²) in [6.45, 7) is 0. The molecule has 0 radical (unpaired) electrons. The highest BCUT2D eigenvalue weighted by molar-refractivity contribution is 7.98. The van der Waals surface area contributed by atoms with E-state index in [0.717, 1.165) is 4.90 Å². The molecule has 1 amide bonds. The van der Waals surface area contributed by atoms with E-state index in [4.69, 9.17) is 11.6 Å². The number of rotatable bonds is 3. The molecule has 3 nitrogen and oxygen atoms in total. The molecule has 116 valence electrons. The molecule has 2 aromatic rings. The van der Waals surface area contributed by atoms with Crippen molar-refractivity contribution in [2.75, 3.05) is 11.6 Å². The Bertz CT molecular complexity index is 707. The van der Waals surface area contributed by atoms with E-state index in [1.54, 1.807) is 18.2 Å². The molecule has 0 aliphatic carbocycles. The van der Waals surface area contributed by atoms with Crippen molar-refractivity contribution < 1.29 is 18.0 Å². The molecule has 0 aliphatic rings. The molecule has 0 aliphatic heterocycles. The molecule has 22 heavy (non-hydrogen) atoms. The Balaban J connectivity index is 2.29. The normalized spacial score (nSPS) is 11.3. The van der Waals surface area contributed by atoms with Crippen molar-refractivity contribution in [1.29, 1.82) is 0 Å². The number of nitrogens with zero attached hydrogens (tertiary/aromatic N) is 1. The predicted octanol–water partition coefficient (Wildman–Crippen LogP) is 4.73. The fraction of sp³-hybridized carbons (Fsp3) is 0.143. The minimum Gasteiger partial charge on any atom is -0.322 e. The number of hydrogen-bond acceptors (Lipinski definition) is 3. The van der Waals surface area contributed by atoms with Crippen LogP contribution >= 0.6 is 23.4 Å². The summed E-state index contributed by atoms with van der Waals surface area (Å²) in [5.74, 6) is -0.748. The van der Waals surface area contributed by atoms with Gasteiger partial charge in [-0.1, -0.05) is 17.7 Å². The second-order valence-electron chi connectivity index (χ2n) is 4.25. The van der Waals surface area contributed by atoms with Crippen molar-refractivity contribution in [2.45, 2.75) is 11.1 Å². The molecule has 8 heteroatoms. The van der Waals surface area contributed by atoms with E-state index in [1.165, 1.54) is 11.8 Å². The largest absolute Gasteiger partial charge is 0.417 e. The molecule has 0 saturated carbocycles. The number of nitrogens with one attached hydrogen (secondary N) is 1. The van der Waals surface area contributed by atoms with Crippen molar-refractivity contribution in [3.05, 3.63) is 52.8 Å². The van der Waals surface area contributed by atoms with Crippen molar-refractivity contribution in [2.24, 2.45) is 0 Å². The fourth-order valence-electron chi connectivity index (χ4n) is 1.66. The van der Waals surface area contributed by atoms with E-state index in [2.05, 4.69) is 10.3 Å². The van der Waals surface area contributed by atoms with Gasteiger partial charge in [0.25, 0.3) is 5.91 Å². The van der Waals surface area contributed by atoms with Crippen LogP contribution in [0.3, 0.4) is 0 Å². The number of thioether (sulfide) groups is 1. The van der Waals surface area contributed by atoms with Crippen LogP contribution in [0.1, 0.15) is 15.9 Å². The maximum atomic E-state index is 12.7. The number of carbonyl (C=O) groups excluding carboxylic acids is 1. The second kappa shape index (κ2) is 6.58. The van der Waals surface area contributed by atoms with Gasteiger partial charge in [0.2, 0.25) is 0 Å². The number of amides is 1. The SMILES string of the molecule is CSc1cccc(NC(=O)c2cc(C(F)(F)F)cnc2Cl)c1. The van der Waals surface area contributed by atoms with Gasteiger partial charge in [-0.05, 0) is 30.5 Å². The van der Waals surface area contributed by atoms with Gasteiger partial charge < -0.3 is 5.32 Å². The lowest BCUT2D eigenvalue weighted by Gasteiger charge is -2.10. The predicted molar refractivity (Wildman–Crippen MR) is 80.4 cm³/mol. The molecule has 1 aromatic heterocycles. The molecule has 0 unspecified atom stereocenters. The van der Waals surface area contributed by atoms with E-state index in [-0.39, 0.29) is 10.7 Å². The Morgan fingerprint density at radius 1 is 1.32 bits per heavy atom. The van der Waals surface area contributed by atoms with Crippen molar-refractivity contribution in [3.63, 3.8) is 0 Å². The smallest absolute Gasteiger partial charge is 0.322 e. The number of pyridine rings is 1. The molecule has 0 fully saturated rings. The molecule has 0 saturated heterocycles. The summed E-state index contributed by atoms with van der Waals surface area (Å²) in [6, 6.07) is 7.60. The van der Waals surface area contributed by atoms with Crippen molar-refractivity contribution >= 4 is 35.0 Å². The molecule has 1 heterocycles. The van der Waals surface area contributed by atoms with Gasteiger partial charge in [-0.3, -0.25) is 4.79 Å². The molecular weight excluding hydrogens is 337 g/mol. The van der Waals surface area contributed by atoms with Gasteiger partial charge in [0, 0.05) is 16.8 Å². The Hall–Kier alpha value is -1.73. The standard InChI is InChI=1S/C14H10ClF3N2OS/c1-22-10-4-2-3-9(6-10)20-13(21)11-5-8(14(16,17)18)7-19-12(11)15/h2-7H,1H3,(H,20,21). The average Bonchev–Trinajstić information content (AvgIpc) is 2.46. The van der Waals surface area contributed by atoms with Crippen LogP contribution in [0.5, 0.6) is 0 Å². The minimum atomic E-state index is -4.59. The third kappa shape index (κ3) is 3.92. The van der Waals surface area contributed by atoms with Gasteiger partial charge in [-0.25, -0.2) is 4.98 Å². The summed E-state index contributed by atoms with van der Waals surface area (Å²) in [5.41, 5.74) is -0.892. The molecule has 0 atom stereocenters. The molecule has 0 bridgehead atoms. The highest BCUT2D eigenvalue weighted by atomic mass is 35.5. The topological polar surface area (TPSA) is 42.0 Å². The highest BCUT2D eigenvalue weighted by Crippen LogP contribution is 2.31. The average molecular weight is 347 g/mol. The first-order valence-corrected chi connectivity index (χ1v) is 7.59. The maximum absolute atomic E-state index is 12.7. The summed E-state index contributed by atoms with van der Waals surface area (Å²) in [5, 5.41) is 2.22. The van der Waals surface area contributed by atoms with Crippen LogP contribution in [0.4, 0.5) is 18.9 Å². The van der Waals surface area contributed by atoms with Crippen molar-refractivity contribution in [3.8, 4) is 0 Å². The Morgan fingerprint density at radius 2 is 2.05 bits per heavy atom. The third-order valence-corrected chi connectivity index (χ3v) is 3.77. The maximum Gasteiger partial charge on any atom is 0.417 e. The molecule has 1 aromatic carbocycles. The molecular formula is C14H10ClF3N2OS. The Morgan fingerprint density at radius 3 is 2.68 bits per heavy atom. The van der Waals surface area contributed by atoms with E-state index in [0.29, 0.717) is 18.0 Å². The van der Waals surface area contributed by atoms with Crippen LogP contribution in [-0.4, -0.2) is 17.1 Å². The highest BCUT2D eigenvalue weighted by Gasteiger charge is 2.32. The number of aromatic nitrogens is 1. The lowest BCUT2D eigenvalue weighted by molar-refractivity contribution is -0.137. The van der Waals surface area contributed by atoms with Crippen LogP contribution in [-0.2, 0) is 6.18 Å². The van der Waals surface area contributed by atoms with Crippen LogP contribution in [0.25, 0.3) is 0 Å². The summed E-state index contributed by atoms with van der Waals surface area (Å²) >= 11 is 7.20. The Labute approximate surface area is 133 Å². The molecule has 0 spiro atoms. The van der Waals surface area contributed by atoms with Crippen LogP contribution in [0, 0.1) is 0 Å². The van der Waals surface area contributed by atoms with Crippen LogP contribution < -0.4 is 5.32 Å². The van der Waals surface area contributed by atoms with Gasteiger partial charge >= 0.3 is 6.18 Å². The number of alkyl halides is 3. The molecule has 2 rings (SSSR count). The zero-order chi connectivity index (χ0) is 16.3.